The van der Waals surface area contributed by atoms with E-state index in [-0.39, 0.29) is 23.0 Å². The molecule has 1 rings (SSSR count). The minimum Gasteiger partial charge on any atom is -0.396 e. The molecule has 106 valence electrons. The van der Waals surface area contributed by atoms with Gasteiger partial charge in [0.25, 0.3) is 5.69 Å². The Bertz CT molecular complexity index is 484. The Balaban J connectivity index is 3.18. The van der Waals surface area contributed by atoms with E-state index in [1.807, 2.05) is 6.92 Å². The van der Waals surface area contributed by atoms with Gasteiger partial charge in [-0.05, 0) is 19.8 Å². The molecule has 0 amide bonds. The van der Waals surface area contributed by atoms with Crippen molar-refractivity contribution in [1.29, 1.82) is 0 Å². The van der Waals surface area contributed by atoms with E-state index >= 15 is 0 Å². The van der Waals surface area contributed by atoms with E-state index in [0.29, 0.717) is 12.8 Å². The lowest BCUT2D eigenvalue weighted by molar-refractivity contribution is -0.384. The molecule has 19 heavy (non-hydrogen) atoms. The molecule has 0 radical (unpaired) electrons. The Kier molecular flexibility index (Phi) is 5.08. The average molecular weight is 291 g/mol. The molecule has 0 saturated heterocycles. The van der Waals surface area contributed by atoms with Crippen molar-refractivity contribution in [1.82, 2.24) is 0 Å². The van der Waals surface area contributed by atoms with Crippen molar-refractivity contribution in [2.45, 2.75) is 32.2 Å². The number of hydrogen-bond donors (Lipinski definition) is 2. The summed E-state index contributed by atoms with van der Waals surface area (Å²) in [4.78, 5) is 10.3. The topological polar surface area (TPSA) is 75.4 Å². The number of halogens is 2. The average Bonchev–Trinajstić information content (AvgIpc) is 2.33. The smallest absolute Gasteiger partial charge is 0.294 e. The largest absolute Gasteiger partial charge is 0.396 e. The number of rotatable bonds is 6. The second kappa shape index (κ2) is 6.16. The van der Waals surface area contributed by atoms with Gasteiger partial charge in [0.1, 0.15) is 11.5 Å². The minimum absolute atomic E-state index is 0.0599. The molecular formula is C12H16ClFN2O3. The van der Waals surface area contributed by atoms with Gasteiger partial charge < -0.3 is 10.4 Å². The Morgan fingerprint density at radius 2 is 2.21 bits per heavy atom. The molecule has 0 aromatic heterocycles. The fourth-order valence-electron chi connectivity index (χ4n) is 1.69. The van der Waals surface area contributed by atoms with Gasteiger partial charge in [-0.15, -0.1) is 0 Å². The first kappa shape index (κ1) is 15.7. The first-order chi connectivity index (χ1) is 8.83. The van der Waals surface area contributed by atoms with Crippen LogP contribution in [0.4, 0.5) is 15.8 Å². The summed E-state index contributed by atoms with van der Waals surface area (Å²) in [6.07, 6.45) is 1.01. The van der Waals surface area contributed by atoms with Crippen molar-refractivity contribution in [2.24, 2.45) is 0 Å². The van der Waals surface area contributed by atoms with Crippen molar-refractivity contribution in [3.63, 3.8) is 0 Å². The number of hydrogen-bond acceptors (Lipinski definition) is 4. The number of nitro benzene ring substituents is 1. The molecule has 0 aliphatic carbocycles. The monoisotopic (exact) mass is 290 g/mol. The molecule has 0 aliphatic heterocycles. The van der Waals surface area contributed by atoms with Gasteiger partial charge in [-0.25, -0.2) is 4.39 Å². The lowest BCUT2D eigenvalue weighted by Gasteiger charge is -2.30. The zero-order chi connectivity index (χ0) is 14.6. The van der Waals surface area contributed by atoms with E-state index in [2.05, 4.69) is 5.32 Å². The van der Waals surface area contributed by atoms with Crippen LogP contribution >= 0.6 is 11.6 Å². The Morgan fingerprint density at radius 3 is 2.68 bits per heavy atom. The van der Waals surface area contributed by atoms with E-state index in [1.54, 1.807) is 6.92 Å². The molecule has 7 heteroatoms. The first-order valence-electron chi connectivity index (χ1n) is 5.85. The van der Waals surface area contributed by atoms with Gasteiger partial charge in [0.2, 0.25) is 0 Å². The zero-order valence-corrected chi connectivity index (χ0v) is 11.5. The van der Waals surface area contributed by atoms with Crippen LogP contribution in [0, 0.1) is 15.9 Å². The van der Waals surface area contributed by atoms with Crippen LogP contribution in [-0.2, 0) is 0 Å². The standard InChI is InChI=1S/C12H16ClFN2O3/c1-3-12(2,4-5-17)15-10-7-9(14)8(13)6-11(10)16(18)19/h6-7,15,17H,3-5H2,1-2H3. The highest BCUT2D eigenvalue weighted by Gasteiger charge is 2.26. The normalized spacial score (nSPS) is 13.9. The zero-order valence-electron chi connectivity index (χ0n) is 10.7. The molecule has 0 aliphatic rings. The second-order valence-corrected chi connectivity index (χ2v) is 4.96. The maximum Gasteiger partial charge on any atom is 0.294 e. The molecular weight excluding hydrogens is 275 g/mol. The summed E-state index contributed by atoms with van der Waals surface area (Å²) >= 11 is 5.55. The highest BCUT2D eigenvalue weighted by molar-refractivity contribution is 6.31. The fourth-order valence-corrected chi connectivity index (χ4v) is 1.84. The number of aliphatic hydroxyl groups is 1. The molecule has 1 aromatic carbocycles. The lowest BCUT2D eigenvalue weighted by atomic mass is 9.94. The highest BCUT2D eigenvalue weighted by atomic mass is 35.5. The van der Waals surface area contributed by atoms with Crippen molar-refractivity contribution >= 4 is 23.0 Å². The van der Waals surface area contributed by atoms with Gasteiger partial charge in [-0.3, -0.25) is 10.1 Å². The summed E-state index contributed by atoms with van der Waals surface area (Å²) in [6, 6.07) is 1.99. The summed E-state index contributed by atoms with van der Waals surface area (Å²) in [7, 11) is 0. The van der Waals surface area contributed by atoms with Crippen LogP contribution in [0.3, 0.4) is 0 Å². The second-order valence-electron chi connectivity index (χ2n) is 4.55. The third-order valence-electron chi connectivity index (χ3n) is 3.12. The van der Waals surface area contributed by atoms with Crippen molar-refractivity contribution in [3.05, 3.63) is 33.1 Å². The van der Waals surface area contributed by atoms with Crippen LogP contribution in [0.15, 0.2) is 12.1 Å². The number of aliphatic hydroxyl groups excluding tert-OH is 1. The Labute approximate surface area is 115 Å². The summed E-state index contributed by atoms with van der Waals surface area (Å²) in [5.74, 6) is -0.725. The number of nitrogens with zero attached hydrogens (tertiary/aromatic N) is 1. The predicted octanol–water partition coefficient (Wildman–Crippen LogP) is 3.35. The first-order valence-corrected chi connectivity index (χ1v) is 6.23. The SMILES string of the molecule is CCC(C)(CCO)Nc1cc(F)c(Cl)cc1[N+](=O)[O-]. The number of benzene rings is 1. The Morgan fingerprint density at radius 1 is 1.58 bits per heavy atom. The molecule has 0 spiro atoms. The van der Waals surface area contributed by atoms with Crippen molar-refractivity contribution in [2.75, 3.05) is 11.9 Å². The molecule has 1 aromatic rings. The minimum atomic E-state index is -0.725. The number of anilines is 1. The number of nitrogens with one attached hydrogen (secondary N) is 1. The molecule has 0 heterocycles. The molecule has 5 nitrogen and oxygen atoms in total. The predicted molar refractivity (Wildman–Crippen MR) is 72.1 cm³/mol. The van der Waals surface area contributed by atoms with Gasteiger partial charge in [0.15, 0.2) is 0 Å². The molecule has 1 unspecified atom stereocenters. The van der Waals surface area contributed by atoms with Gasteiger partial charge >= 0.3 is 0 Å². The van der Waals surface area contributed by atoms with Crippen LogP contribution < -0.4 is 5.32 Å². The fraction of sp³-hybridized carbons (Fsp3) is 0.500. The lowest BCUT2D eigenvalue weighted by Crippen LogP contribution is -2.35. The summed E-state index contributed by atoms with van der Waals surface area (Å²) in [6.45, 7) is 3.61. The maximum atomic E-state index is 13.4. The van der Waals surface area contributed by atoms with Gasteiger partial charge in [-0.2, -0.15) is 0 Å². The van der Waals surface area contributed by atoms with Crippen molar-refractivity contribution in [3.8, 4) is 0 Å². The van der Waals surface area contributed by atoms with Crippen LogP contribution in [0.2, 0.25) is 5.02 Å². The molecule has 0 bridgehead atoms. The molecule has 0 fully saturated rings. The van der Waals surface area contributed by atoms with E-state index in [9.17, 15) is 14.5 Å². The Hall–Kier alpha value is -1.40. The molecule has 1 atom stereocenters. The molecule has 2 N–H and O–H groups in total. The van der Waals surface area contributed by atoms with E-state index in [1.165, 1.54) is 0 Å². The van der Waals surface area contributed by atoms with Gasteiger partial charge in [-0.1, -0.05) is 18.5 Å². The summed E-state index contributed by atoms with van der Waals surface area (Å²) in [5, 5.41) is 22.6. The van der Waals surface area contributed by atoms with Crippen molar-refractivity contribution < 1.29 is 14.4 Å². The quantitative estimate of drug-likeness (QED) is 0.622. The van der Waals surface area contributed by atoms with E-state index in [0.717, 1.165) is 12.1 Å². The van der Waals surface area contributed by atoms with Crippen LogP contribution in [-0.4, -0.2) is 22.2 Å². The van der Waals surface area contributed by atoms with Crippen LogP contribution in [0.1, 0.15) is 26.7 Å². The van der Waals surface area contributed by atoms with E-state index in [4.69, 9.17) is 16.7 Å². The van der Waals surface area contributed by atoms with Crippen LogP contribution in [0.5, 0.6) is 0 Å². The third-order valence-corrected chi connectivity index (χ3v) is 3.41. The maximum absolute atomic E-state index is 13.4. The van der Waals surface area contributed by atoms with E-state index < -0.39 is 16.3 Å². The number of nitro groups is 1. The third kappa shape index (κ3) is 3.78. The van der Waals surface area contributed by atoms with Crippen LogP contribution in [0.25, 0.3) is 0 Å². The summed E-state index contributed by atoms with van der Waals surface area (Å²) < 4.78 is 13.4. The molecule has 0 saturated carbocycles. The van der Waals surface area contributed by atoms with Gasteiger partial charge in [0.05, 0.1) is 9.95 Å². The van der Waals surface area contributed by atoms with Gasteiger partial charge in [0, 0.05) is 24.3 Å². The highest BCUT2D eigenvalue weighted by Crippen LogP contribution is 2.33. The summed E-state index contributed by atoms with van der Waals surface area (Å²) in [5.41, 5.74) is -0.784.